The van der Waals surface area contributed by atoms with Crippen LogP contribution in [0.1, 0.15) is 15.9 Å². The number of halogens is 1. The van der Waals surface area contributed by atoms with Crippen molar-refractivity contribution in [3.05, 3.63) is 77.2 Å². The van der Waals surface area contributed by atoms with Gasteiger partial charge in [0.15, 0.2) is 11.5 Å². The molecular weight excluding hydrogens is 444 g/mol. The molecule has 5 rings (SSSR count). The molecule has 0 atom stereocenters. The van der Waals surface area contributed by atoms with E-state index in [4.69, 9.17) is 35.2 Å². The van der Waals surface area contributed by atoms with Crippen LogP contribution in [0, 0.1) is 0 Å². The summed E-state index contributed by atoms with van der Waals surface area (Å²) in [7, 11) is 1.61. The van der Waals surface area contributed by atoms with Crippen LogP contribution in [0.2, 0.25) is 5.02 Å². The number of fused-ring (bicyclic) bond motifs is 2. The fraction of sp³-hybridized carbons (Fsp3) is 0.200. The van der Waals surface area contributed by atoms with Crippen molar-refractivity contribution in [2.45, 2.75) is 6.54 Å². The molecule has 0 saturated carbocycles. The number of aromatic nitrogens is 1. The summed E-state index contributed by atoms with van der Waals surface area (Å²) in [5, 5.41) is 1.50. The first-order valence-corrected chi connectivity index (χ1v) is 10.8. The Bertz CT molecular complexity index is 1310. The minimum Gasteiger partial charge on any atom is -0.472 e. The summed E-state index contributed by atoms with van der Waals surface area (Å²) in [5.41, 5.74) is 3.72. The minimum atomic E-state index is -0.149. The number of carbonyl (C=O) groups excluding carboxylic acids is 1. The van der Waals surface area contributed by atoms with Gasteiger partial charge in [-0.15, -0.1) is 0 Å². The third kappa shape index (κ3) is 4.37. The summed E-state index contributed by atoms with van der Waals surface area (Å²) in [6.45, 7) is 1.32. The number of hydrogen-bond acceptors (Lipinski definition) is 6. The summed E-state index contributed by atoms with van der Waals surface area (Å²) in [6.07, 6.45) is 2.93. The zero-order chi connectivity index (χ0) is 22.8. The zero-order valence-electron chi connectivity index (χ0n) is 17.9. The Balaban J connectivity index is 1.61. The van der Waals surface area contributed by atoms with Gasteiger partial charge in [-0.1, -0.05) is 23.7 Å². The molecule has 168 valence electrons. The maximum Gasteiger partial charge on any atom is 0.257 e. The standard InChI is InChI=1S/C25H21ClN2O5/c1-30-8-6-28(25(29)17-5-7-31-14-17)13-19-9-18-11-22-23(33-15-32-22)12-21(18)27-24(19)16-3-2-4-20(26)10-16/h2-5,7,9-12,14H,6,8,13,15H2,1H3. The van der Waals surface area contributed by atoms with E-state index < -0.39 is 0 Å². The molecule has 7 nitrogen and oxygen atoms in total. The van der Waals surface area contributed by atoms with E-state index in [-0.39, 0.29) is 12.7 Å². The first-order chi connectivity index (χ1) is 16.1. The molecule has 8 heteroatoms. The monoisotopic (exact) mass is 464 g/mol. The van der Waals surface area contributed by atoms with Crippen LogP contribution in [0.3, 0.4) is 0 Å². The molecule has 0 bridgehead atoms. The summed E-state index contributed by atoms with van der Waals surface area (Å²) in [6, 6.07) is 15.0. The van der Waals surface area contributed by atoms with Gasteiger partial charge in [0, 0.05) is 42.2 Å². The van der Waals surface area contributed by atoms with Gasteiger partial charge in [0.2, 0.25) is 6.79 Å². The van der Waals surface area contributed by atoms with Crippen molar-refractivity contribution in [2.24, 2.45) is 0 Å². The molecule has 0 radical (unpaired) electrons. The Labute approximate surface area is 195 Å². The average Bonchev–Trinajstić information content (AvgIpc) is 3.51. The SMILES string of the molecule is COCCN(Cc1cc2cc3c(cc2nc1-c1cccc(Cl)c1)OCO3)C(=O)c1ccoc1. The van der Waals surface area contributed by atoms with Gasteiger partial charge >= 0.3 is 0 Å². The molecule has 1 aliphatic heterocycles. The van der Waals surface area contributed by atoms with Crippen molar-refractivity contribution in [2.75, 3.05) is 27.1 Å². The second-order valence-electron chi connectivity index (χ2n) is 7.64. The van der Waals surface area contributed by atoms with Gasteiger partial charge in [-0.05, 0) is 35.9 Å². The van der Waals surface area contributed by atoms with Crippen molar-refractivity contribution in [3.8, 4) is 22.8 Å². The van der Waals surface area contributed by atoms with Crippen molar-refractivity contribution in [3.63, 3.8) is 0 Å². The highest BCUT2D eigenvalue weighted by atomic mass is 35.5. The second-order valence-corrected chi connectivity index (χ2v) is 8.07. The first-order valence-electron chi connectivity index (χ1n) is 10.4. The lowest BCUT2D eigenvalue weighted by atomic mass is 10.0. The number of ether oxygens (including phenoxy) is 3. The highest BCUT2D eigenvalue weighted by Gasteiger charge is 2.22. The second kappa shape index (κ2) is 9.13. The van der Waals surface area contributed by atoms with Gasteiger partial charge in [-0.3, -0.25) is 4.79 Å². The lowest BCUT2D eigenvalue weighted by Gasteiger charge is -2.23. The Morgan fingerprint density at radius 1 is 1.15 bits per heavy atom. The molecule has 0 unspecified atom stereocenters. The third-order valence-electron chi connectivity index (χ3n) is 5.47. The van der Waals surface area contributed by atoms with Gasteiger partial charge in [-0.25, -0.2) is 4.98 Å². The van der Waals surface area contributed by atoms with Crippen LogP contribution in [-0.2, 0) is 11.3 Å². The molecule has 0 aliphatic carbocycles. The number of furan rings is 1. The van der Waals surface area contributed by atoms with Crippen molar-refractivity contribution in [1.82, 2.24) is 9.88 Å². The smallest absolute Gasteiger partial charge is 0.257 e. The maximum absolute atomic E-state index is 13.2. The van der Waals surface area contributed by atoms with Gasteiger partial charge in [0.1, 0.15) is 6.26 Å². The lowest BCUT2D eigenvalue weighted by Crippen LogP contribution is -2.33. The van der Waals surface area contributed by atoms with Crippen LogP contribution in [0.25, 0.3) is 22.2 Å². The summed E-state index contributed by atoms with van der Waals surface area (Å²) in [5.74, 6) is 1.19. The van der Waals surface area contributed by atoms with Crippen LogP contribution in [0.4, 0.5) is 0 Å². The molecule has 33 heavy (non-hydrogen) atoms. The summed E-state index contributed by atoms with van der Waals surface area (Å²) < 4.78 is 21.4. The minimum absolute atomic E-state index is 0.149. The molecule has 0 fully saturated rings. The lowest BCUT2D eigenvalue weighted by molar-refractivity contribution is 0.0680. The largest absolute Gasteiger partial charge is 0.472 e. The Morgan fingerprint density at radius 3 is 2.76 bits per heavy atom. The van der Waals surface area contributed by atoms with E-state index in [1.54, 1.807) is 18.1 Å². The first kappa shape index (κ1) is 21.3. The highest BCUT2D eigenvalue weighted by molar-refractivity contribution is 6.30. The average molecular weight is 465 g/mol. The predicted octanol–water partition coefficient (Wildman–Crippen LogP) is 5.17. The van der Waals surface area contributed by atoms with Crippen LogP contribution < -0.4 is 9.47 Å². The van der Waals surface area contributed by atoms with Crippen LogP contribution in [0.15, 0.2) is 65.5 Å². The van der Waals surface area contributed by atoms with Crippen LogP contribution in [-0.4, -0.2) is 42.8 Å². The number of benzene rings is 2. The number of nitrogens with zero attached hydrogens (tertiary/aromatic N) is 2. The number of methoxy groups -OCH3 is 1. The van der Waals surface area contributed by atoms with E-state index in [2.05, 4.69) is 0 Å². The van der Waals surface area contributed by atoms with E-state index in [9.17, 15) is 4.79 Å². The molecule has 4 aromatic rings. The number of pyridine rings is 1. The fourth-order valence-electron chi connectivity index (χ4n) is 3.84. The molecule has 1 aliphatic rings. The Morgan fingerprint density at radius 2 is 2.00 bits per heavy atom. The fourth-order valence-corrected chi connectivity index (χ4v) is 4.03. The van der Waals surface area contributed by atoms with Gasteiger partial charge in [-0.2, -0.15) is 0 Å². The maximum atomic E-state index is 13.2. The third-order valence-corrected chi connectivity index (χ3v) is 5.70. The number of carbonyl (C=O) groups is 1. The van der Waals surface area contributed by atoms with E-state index in [1.165, 1.54) is 12.5 Å². The molecular formula is C25H21ClN2O5. The molecule has 2 aromatic carbocycles. The number of hydrogen-bond donors (Lipinski definition) is 0. The quantitative estimate of drug-likeness (QED) is 0.376. The van der Waals surface area contributed by atoms with Gasteiger partial charge < -0.3 is 23.5 Å². The molecule has 3 heterocycles. The van der Waals surface area contributed by atoms with E-state index in [0.29, 0.717) is 41.8 Å². The van der Waals surface area contributed by atoms with Crippen LogP contribution >= 0.6 is 11.6 Å². The summed E-state index contributed by atoms with van der Waals surface area (Å²) >= 11 is 6.28. The molecule has 0 spiro atoms. The van der Waals surface area contributed by atoms with Crippen molar-refractivity contribution in [1.29, 1.82) is 0 Å². The van der Waals surface area contributed by atoms with Crippen LogP contribution in [0.5, 0.6) is 11.5 Å². The molecule has 2 aromatic heterocycles. The van der Waals surface area contributed by atoms with Crippen molar-refractivity contribution < 1.29 is 23.4 Å². The number of rotatable bonds is 7. The van der Waals surface area contributed by atoms with Gasteiger partial charge in [0.05, 0.1) is 29.6 Å². The van der Waals surface area contributed by atoms with E-state index >= 15 is 0 Å². The summed E-state index contributed by atoms with van der Waals surface area (Å²) in [4.78, 5) is 19.8. The van der Waals surface area contributed by atoms with E-state index in [0.717, 1.165) is 27.7 Å². The molecule has 0 saturated heterocycles. The Hall–Kier alpha value is -3.55. The van der Waals surface area contributed by atoms with Gasteiger partial charge in [0.25, 0.3) is 5.91 Å². The Kier molecular flexibility index (Phi) is 5.90. The molecule has 1 amide bonds. The highest BCUT2D eigenvalue weighted by Crippen LogP contribution is 2.37. The zero-order valence-corrected chi connectivity index (χ0v) is 18.7. The van der Waals surface area contributed by atoms with Crippen molar-refractivity contribution >= 4 is 28.4 Å². The number of amides is 1. The van der Waals surface area contributed by atoms with E-state index in [1.807, 2.05) is 42.5 Å². The predicted molar refractivity (Wildman–Crippen MR) is 124 cm³/mol. The normalized spacial score (nSPS) is 12.3. The topological polar surface area (TPSA) is 74.0 Å². The molecule has 0 N–H and O–H groups in total.